The second-order valence-corrected chi connectivity index (χ2v) is 8.73. The second-order valence-electron chi connectivity index (χ2n) is 8.73. The number of benzene rings is 2. The molecule has 5 aromatic rings. The first-order valence-electron chi connectivity index (χ1n) is 11.3. The molecule has 2 aromatic carbocycles. The molecule has 7 rings (SSSR count). The van der Waals surface area contributed by atoms with E-state index in [0.717, 1.165) is 42.4 Å². The first-order chi connectivity index (χ1) is 16.2. The van der Waals surface area contributed by atoms with Crippen molar-refractivity contribution in [3.05, 3.63) is 58.6 Å². The molecule has 2 aliphatic rings. The van der Waals surface area contributed by atoms with Crippen LogP contribution < -0.4 is 15.0 Å². The van der Waals surface area contributed by atoms with Crippen molar-refractivity contribution in [3.8, 4) is 17.2 Å². The molecule has 0 unspecified atom stereocenters. The average molecular weight is 439 g/mol. The van der Waals surface area contributed by atoms with Crippen molar-refractivity contribution < 1.29 is 9.47 Å². The summed E-state index contributed by atoms with van der Waals surface area (Å²) in [6.45, 7) is 2.11. The molecule has 0 spiro atoms. The van der Waals surface area contributed by atoms with E-state index in [9.17, 15) is 4.79 Å². The molecule has 1 aliphatic heterocycles. The topological polar surface area (TPSA) is 84.1 Å². The molecule has 8 nitrogen and oxygen atoms in total. The third kappa shape index (κ3) is 2.63. The molecule has 8 heteroatoms. The number of fused-ring (bicyclic) bond motifs is 5. The lowest BCUT2D eigenvalue weighted by Crippen LogP contribution is -2.27. The van der Waals surface area contributed by atoms with Crippen molar-refractivity contribution in [2.75, 3.05) is 6.79 Å². The normalized spacial score (nSPS) is 15.9. The van der Waals surface area contributed by atoms with E-state index in [1.807, 2.05) is 58.5 Å². The summed E-state index contributed by atoms with van der Waals surface area (Å²) < 4.78 is 14.9. The molecule has 1 aliphatic carbocycles. The molecular weight excluding hydrogens is 418 g/mol. The molecule has 0 N–H and O–H groups in total. The van der Waals surface area contributed by atoms with Gasteiger partial charge >= 0.3 is 0 Å². The zero-order valence-corrected chi connectivity index (χ0v) is 18.1. The van der Waals surface area contributed by atoms with Crippen LogP contribution in [0.3, 0.4) is 0 Å². The van der Waals surface area contributed by atoms with Gasteiger partial charge in [-0.3, -0.25) is 13.9 Å². The Morgan fingerprint density at radius 2 is 1.67 bits per heavy atom. The fraction of sp³-hybridized carbons (Fsp3) is 0.280. The summed E-state index contributed by atoms with van der Waals surface area (Å²) in [5.41, 5.74) is 4.02. The minimum Gasteiger partial charge on any atom is -0.454 e. The van der Waals surface area contributed by atoms with Crippen LogP contribution in [0.25, 0.3) is 38.9 Å². The number of aryl methyl sites for hydroxylation is 1. The Bertz CT molecular complexity index is 1650. The zero-order chi connectivity index (χ0) is 22.1. The van der Waals surface area contributed by atoms with Crippen molar-refractivity contribution in [2.45, 2.75) is 38.6 Å². The van der Waals surface area contributed by atoms with Gasteiger partial charge in [-0.2, -0.15) is 0 Å². The maximum Gasteiger partial charge on any atom is 0.265 e. The third-order valence-electron chi connectivity index (χ3n) is 6.79. The molecule has 164 valence electrons. The summed E-state index contributed by atoms with van der Waals surface area (Å²) >= 11 is 0. The van der Waals surface area contributed by atoms with Gasteiger partial charge in [-0.05, 0) is 44.0 Å². The standard InChI is InChI=1S/C25H21N5O3/c1-14-26-23-21(25(31)29(14)15-6-2-3-7-15)22-24(28-18-9-5-4-8-17(18)27-22)30(23)16-10-11-19-20(12-16)33-13-32-19/h4-5,8-12,15H,2-3,6-7,13H2,1H3. The first-order valence-corrected chi connectivity index (χ1v) is 11.3. The highest BCUT2D eigenvalue weighted by Crippen LogP contribution is 2.37. The molecular formula is C25H21N5O3. The van der Waals surface area contributed by atoms with Gasteiger partial charge in [-0.1, -0.05) is 25.0 Å². The summed E-state index contributed by atoms with van der Waals surface area (Å²) in [4.78, 5) is 28.7. The van der Waals surface area contributed by atoms with E-state index in [1.54, 1.807) is 0 Å². The fourth-order valence-corrected chi connectivity index (χ4v) is 5.27. The van der Waals surface area contributed by atoms with Crippen molar-refractivity contribution in [2.24, 2.45) is 0 Å². The lowest BCUT2D eigenvalue weighted by atomic mass is 10.2. The lowest BCUT2D eigenvalue weighted by molar-refractivity contribution is 0.174. The lowest BCUT2D eigenvalue weighted by Gasteiger charge is -2.16. The fourth-order valence-electron chi connectivity index (χ4n) is 5.27. The van der Waals surface area contributed by atoms with Gasteiger partial charge in [0, 0.05) is 12.1 Å². The van der Waals surface area contributed by atoms with E-state index >= 15 is 0 Å². The molecule has 0 amide bonds. The van der Waals surface area contributed by atoms with Crippen molar-refractivity contribution in [1.82, 2.24) is 24.1 Å². The van der Waals surface area contributed by atoms with Crippen molar-refractivity contribution in [3.63, 3.8) is 0 Å². The molecule has 0 bridgehead atoms. The van der Waals surface area contributed by atoms with Gasteiger partial charge in [0.05, 0.1) is 16.7 Å². The van der Waals surface area contributed by atoms with E-state index in [-0.39, 0.29) is 18.4 Å². The van der Waals surface area contributed by atoms with Crippen molar-refractivity contribution in [1.29, 1.82) is 0 Å². The highest BCUT2D eigenvalue weighted by atomic mass is 16.7. The number of aromatic nitrogens is 5. The highest BCUT2D eigenvalue weighted by Gasteiger charge is 2.27. The SMILES string of the molecule is Cc1nc2c(c(=O)n1C1CCCC1)c1nc3ccccc3nc1n2-c1ccc2c(c1)OCO2. The van der Waals surface area contributed by atoms with Gasteiger partial charge in [-0.15, -0.1) is 0 Å². The minimum absolute atomic E-state index is 0.0431. The zero-order valence-electron chi connectivity index (χ0n) is 18.1. The second kappa shape index (κ2) is 6.78. The molecule has 0 radical (unpaired) electrons. The van der Waals surface area contributed by atoms with E-state index in [0.29, 0.717) is 39.5 Å². The number of hydrogen-bond acceptors (Lipinski definition) is 6. The average Bonchev–Trinajstić information content (AvgIpc) is 3.56. The van der Waals surface area contributed by atoms with Gasteiger partial charge < -0.3 is 9.47 Å². The molecule has 4 heterocycles. The van der Waals surface area contributed by atoms with E-state index < -0.39 is 0 Å². The van der Waals surface area contributed by atoms with Gasteiger partial charge in [0.2, 0.25) is 6.79 Å². The largest absolute Gasteiger partial charge is 0.454 e. The first kappa shape index (κ1) is 18.6. The molecule has 1 fully saturated rings. The van der Waals surface area contributed by atoms with Crippen LogP contribution in [0, 0.1) is 6.92 Å². The summed E-state index contributed by atoms with van der Waals surface area (Å²) in [5, 5.41) is 0.512. The number of rotatable bonds is 2. The number of hydrogen-bond donors (Lipinski definition) is 0. The molecule has 1 saturated carbocycles. The number of nitrogens with zero attached hydrogens (tertiary/aromatic N) is 5. The smallest absolute Gasteiger partial charge is 0.265 e. The van der Waals surface area contributed by atoms with E-state index in [1.165, 1.54) is 0 Å². The Hall–Kier alpha value is -3.94. The molecule has 3 aromatic heterocycles. The highest BCUT2D eigenvalue weighted by molar-refractivity contribution is 6.05. The summed E-state index contributed by atoms with van der Waals surface area (Å²) in [6.07, 6.45) is 4.28. The molecule has 33 heavy (non-hydrogen) atoms. The maximum atomic E-state index is 13.9. The van der Waals surface area contributed by atoms with Gasteiger partial charge in [0.1, 0.15) is 16.7 Å². The Balaban J connectivity index is 1.63. The summed E-state index contributed by atoms with van der Waals surface area (Å²) in [5.74, 6) is 2.07. The number of para-hydroxylation sites is 2. The van der Waals surface area contributed by atoms with Crippen LogP contribution >= 0.6 is 0 Å². The summed E-state index contributed by atoms with van der Waals surface area (Å²) in [7, 11) is 0. The third-order valence-corrected chi connectivity index (χ3v) is 6.79. The minimum atomic E-state index is -0.0431. The monoisotopic (exact) mass is 439 g/mol. The Morgan fingerprint density at radius 3 is 2.48 bits per heavy atom. The van der Waals surface area contributed by atoms with Crippen LogP contribution in [0.2, 0.25) is 0 Å². The van der Waals surface area contributed by atoms with Gasteiger partial charge in [0.15, 0.2) is 22.8 Å². The predicted octanol–water partition coefficient (Wildman–Crippen LogP) is 4.44. The quantitative estimate of drug-likeness (QED) is 0.404. The number of ether oxygens (including phenoxy) is 2. The van der Waals surface area contributed by atoms with Gasteiger partial charge in [-0.25, -0.2) is 15.0 Å². The van der Waals surface area contributed by atoms with Crippen molar-refractivity contribution >= 4 is 33.2 Å². The van der Waals surface area contributed by atoms with Crippen LogP contribution in [0.5, 0.6) is 11.5 Å². The Kier molecular flexibility index (Phi) is 3.82. The molecule has 0 atom stereocenters. The predicted molar refractivity (Wildman–Crippen MR) is 124 cm³/mol. The van der Waals surface area contributed by atoms with E-state index in [2.05, 4.69) is 0 Å². The van der Waals surface area contributed by atoms with Crippen LogP contribution in [0.15, 0.2) is 47.3 Å². The van der Waals surface area contributed by atoms with Crippen LogP contribution in [0.4, 0.5) is 0 Å². The maximum absolute atomic E-state index is 13.9. The van der Waals surface area contributed by atoms with E-state index in [4.69, 9.17) is 24.4 Å². The molecule has 0 saturated heterocycles. The Labute approximate surface area is 188 Å². The van der Waals surface area contributed by atoms with Crippen LogP contribution in [-0.4, -0.2) is 30.9 Å². The van der Waals surface area contributed by atoms with Crippen LogP contribution in [0.1, 0.15) is 37.5 Å². The Morgan fingerprint density at radius 1 is 0.909 bits per heavy atom. The van der Waals surface area contributed by atoms with Gasteiger partial charge in [0.25, 0.3) is 5.56 Å². The van der Waals surface area contributed by atoms with Crippen LogP contribution in [-0.2, 0) is 0 Å². The summed E-state index contributed by atoms with van der Waals surface area (Å²) in [6, 6.07) is 13.6.